The van der Waals surface area contributed by atoms with Crippen molar-refractivity contribution in [3.05, 3.63) is 17.7 Å². The number of esters is 1. The van der Waals surface area contributed by atoms with Crippen LogP contribution in [0.25, 0.3) is 0 Å². The normalized spacial score (nSPS) is 10.8. The molecule has 6 heteroatoms. The van der Waals surface area contributed by atoms with Crippen molar-refractivity contribution in [3.63, 3.8) is 0 Å². The molecule has 0 aliphatic rings. The van der Waals surface area contributed by atoms with Crippen molar-refractivity contribution in [2.24, 2.45) is 4.99 Å². The molecule has 0 amide bonds. The van der Waals surface area contributed by atoms with Crippen molar-refractivity contribution in [3.8, 4) is 11.5 Å². The smallest absolute Gasteiger partial charge is 0.340 e. The van der Waals surface area contributed by atoms with E-state index in [0.717, 1.165) is 0 Å². The van der Waals surface area contributed by atoms with Crippen LogP contribution in [0.15, 0.2) is 17.1 Å². The molecule has 1 aromatic rings. The first kappa shape index (κ1) is 16.8. The molecule has 0 saturated heterocycles. The summed E-state index contributed by atoms with van der Waals surface area (Å²) in [5, 5.41) is 0. The van der Waals surface area contributed by atoms with Gasteiger partial charge in [-0.2, -0.15) is 0 Å². The maximum Gasteiger partial charge on any atom is 0.340 e. The molecule has 0 atom stereocenters. The van der Waals surface area contributed by atoms with E-state index in [-0.39, 0.29) is 6.10 Å². The molecule has 0 aliphatic carbocycles. The molecular formula is C15H22N2O4. The maximum absolute atomic E-state index is 11.9. The van der Waals surface area contributed by atoms with Crippen LogP contribution in [-0.2, 0) is 4.74 Å². The molecule has 116 valence electrons. The number of carbonyl (C=O) groups is 1. The summed E-state index contributed by atoms with van der Waals surface area (Å²) in [5.74, 6) is 0.464. The zero-order valence-corrected chi connectivity index (χ0v) is 13.3. The average Bonchev–Trinajstić information content (AvgIpc) is 2.43. The minimum absolute atomic E-state index is 0.0199. The topological polar surface area (TPSA) is 60.4 Å². The maximum atomic E-state index is 11.9. The van der Waals surface area contributed by atoms with E-state index >= 15 is 0 Å². The number of benzene rings is 1. The molecule has 0 aliphatic heterocycles. The highest BCUT2D eigenvalue weighted by Gasteiger charge is 2.20. The summed E-state index contributed by atoms with van der Waals surface area (Å²) in [4.78, 5) is 17.9. The zero-order chi connectivity index (χ0) is 16.0. The van der Waals surface area contributed by atoms with E-state index in [1.807, 2.05) is 27.9 Å². The SMILES string of the molecule is COC(=O)c1ccc(OC(C)C)c(OC)c1N=CN(C)C. The van der Waals surface area contributed by atoms with Gasteiger partial charge in [-0.3, -0.25) is 0 Å². The van der Waals surface area contributed by atoms with Crippen molar-refractivity contribution in [2.45, 2.75) is 20.0 Å². The lowest BCUT2D eigenvalue weighted by Crippen LogP contribution is -2.10. The molecule has 6 nitrogen and oxygen atoms in total. The number of rotatable bonds is 6. The van der Waals surface area contributed by atoms with Gasteiger partial charge in [-0.25, -0.2) is 9.79 Å². The van der Waals surface area contributed by atoms with Crippen LogP contribution in [0.2, 0.25) is 0 Å². The molecule has 21 heavy (non-hydrogen) atoms. The summed E-state index contributed by atoms with van der Waals surface area (Å²) in [6, 6.07) is 3.30. The highest BCUT2D eigenvalue weighted by atomic mass is 16.5. The number of ether oxygens (including phenoxy) is 3. The van der Waals surface area contributed by atoms with Crippen molar-refractivity contribution < 1.29 is 19.0 Å². The number of nitrogens with zero attached hydrogens (tertiary/aromatic N) is 2. The van der Waals surface area contributed by atoms with E-state index in [4.69, 9.17) is 14.2 Å². The number of carbonyl (C=O) groups excluding carboxylic acids is 1. The van der Waals surface area contributed by atoms with E-state index in [0.29, 0.717) is 22.7 Å². The summed E-state index contributed by atoms with van der Waals surface area (Å²) in [6.45, 7) is 3.83. The minimum atomic E-state index is -0.477. The Kier molecular flexibility index (Phi) is 6.02. The van der Waals surface area contributed by atoms with Gasteiger partial charge in [0.25, 0.3) is 0 Å². The molecular weight excluding hydrogens is 272 g/mol. The third-order valence-electron chi connectivity index (χ3n) is 2.49. The van der Waals surface area contributed by atoms with Gasteiger partial charge in [0.15, 0.2) is 11.5 Å². The number of aliphatic imine (C=N–C) groups is 1. The van der Waals surface area contributed by atoms with Crippen LogP contribution in [0, 0.1) is 0 Å². The first-order valence-electron chi connectivity index (χ1n) is 6.57. The molecule has 0 N–H and O–H groups in total. The van der Waals surface area contributed by atoms with Crippen LogP contribution in [0.3, 0.4) is 0 Å². The molecule has 0 bridgehead atoms. The fourth-order valence-electron chi connectivity index (χ4n) is 1.67. The zero-order valence-electron chi connectivity index (χ0n) is 13.3. The quantitative estimate of drug-likeness (QED) is 0.458. The van der Waals surface area contributed by atoms with Crippen molar-refractivity contribution in [2.75, 3.05) is 28.3 Å². The Hall–Kier alpha value is -2.24. The predicted molar refractivity (Wildman–Crippen MR) is 81.9 cm³/mol. The summed E-state index contributed by atoms with van der Waals surface area (Å²) in [5.41, 5.74) is 0.708. The summed E-state index contributed by atoms with van der Waals surface area (Å²) in [6.07, 6.45) is 1.57. The van der Waals surface area contributed by atoms with Gasteiger partial charge in [0, 0.05) is 14.1 Å². The van der Waals surface area contributed by atoms with Crippen LogP contribution in [0.5, 0.6) is 11.5 Å². The highest BCUT2D eigenvalue weighted by Crippen LogP contribution is 2.40. The van der Waals surface area contributed by atoms with Crippen LogP contribution in [-0.4, -0.2) is 51.6 Å². The molecule has 0 spiro atoms. The fraction of sp³-hybridized carbons (Fsp3) is 0.467. The van der Waals surface area contributed by atoms with Crippen molar-refractivity contribution in [1.29, 1.82) is 0 Å². The third-order valence-corrected chi connectivity index (χ3v) is 2.49. The van der Waals surface area contributed by atoms with E-state index in [2.05, 4.69) is 4.99 Å². The van der Waals surface area contributed by atoms with Gasteiger partial charge in [0.05, 0.1) is 32.2 Å². The Morgan fingerprint density at radius 2 is 1.95 bits per heavy atom. The average molecular weight is 294 g/mol. The summed E-state index contributed by atoms with van der Waals surface area (Å²) in [7, 11) is 6.51. The number of hydrogen-bond acceptors (Lipinski definition) is 5. The highest BCUT2D eigenvalue weighted by molar-refractivity contribution is 5.97. The summed E-state index contributed by atoms with van der Waals surface area (Å²) < 4.78 is 15.8. The molecule has 0 aromatic heterocycles. The molecule has 1 rings (SSSR count). The lowest BCUT2D eigenvalue weighted by atomic mass is 10.1. The van der Waals surface area contributed by atoms with E-state index in [1.165, 1.54) is 14.2 Å². The van der Waals surface area contributed by atoms with Gasteiger partial charge in [0.1, 0.15) is 5.69 Å². The standard InChI is InChI=1S/C15H22N2O4/c1-10(2)21-12-8-7-11(15(18)20-6)13(14(12)19-5)16-9-17(3)4/h7-10H,1-6H3. The molecule has 0 fully saturated rings. The number of methoxy groups -OCH3 is 2. The molecule has 0 saturated carbocycles. The molecule has 0 heterocycles. The lowest BCUT2D eigenvalue weighted by molar-refractivity contribution is 0.0601. The second-order valence-electron chi connectivity index (χ2n) is 4.86. The van der Waals surface area contributed by atoms with Crippen LogP contribution in [0.4, 0.5) is 5.69 Å². The van der Waals surface area contributed by atoms with E-state index in [1.54, 1.807) is 23.4 Å². The molecule has 1 aromatic carbocycles. The van der Waals surface area contributed by atoms with Crippen LogP contribution >= 0.6 is 0 Å². The predicted octanol–water partition coefficient (Wildman–Crippen LogP) is 2.49. The summed E-state index contributed by atoms with van der Waals surface area (Å²) >= 11 is 0. The second-order valence-corrected chi connectivity index (χ2v) is 4.86. The van der Waals surface area contributed by atoms with Crippen LogP contribution in [0.1, 0.15) is 24.2 Å². The minimum Gasteiger partial charge on any atom is -0.491 e. The Morgan fingerprint density at radius 1 is 1.29 bits per heavy atom. The van der Waals surface area contributed by atoms with E-state index in [9.17, 15) is 4.79 Å². The van der Waals surface area contributed by atoms with Crippen LogP contribution < -0.4 is 9.47 Å². The second kappa shape index (κ2) is 7.52. The third kappa shape index (κ3) is 4.37. The lowest BCUT2D eigenvalue weighted by Gasteiger charge is -2.17. The van der Waals surface area contributed by atoms with Gasteiger partial charge in [-0.05, 0) is 26.0 Å². The van der Waals surface area contributed by atoms with Gasteiger partial charge in [-0.1, -0.05) is 0 Å². The Bertz CT molecular complexity index is 525. The Morgan fingerprint density at radius 3 is 2.43 bits per heavy atom. The van der Waals surface area contributed by atoms with Gasteiger partial charge >= 0.3 is 5.97 Å². The van der Waals surface area contributed by atoms with Gasteiger partial charge in [-0.15, -0.1) is 0 Å². The Labute approximate surface area is 125 Å². The largest absolute Gasteiger partial charge is 0.491 e. The molecule has 0 unspecified atom stereocenters. The fourth-order valence-corrected chi connectivity index (χ4v) is 1.67. The van der Waals surface area contributed by atoms with Crippen molar-refractivity contribution in [1.82, 2.24) is 4.90 Å². The van der Waals surface area contributed by atoms with E-state index < -0.39 is 5.97 Å². The first-order valence-corrected chi connectivity index (χ1v) is 6.57. The van der Waals surface area contributed by atoms with Gasteiger partial charge in [0.2, 0.25) is 0 Å². The number of hydrogen-bond donors (Lipinski definition) is 0. The Balaban J connectivity index is 3.44. The monoisotopic (exact) mass is 294 g/mol. The molecule has 0 radical (unpaired) electrons. The van der Waals surface area contributed by atoms with Crippen molar-refractivity contribution >= 4 is 18.0 Å². The van der Waals surface area contributed by atoms with Gasteiger partial charge < -0.3 is 19.1 Å². The first-order chi connectivity index (χ1) is 9.90.